The van der Waals surface area contributed by atoms with E-state index in [1.54, 1.807) is 18.2 Å². The molecule has 1 aromatic carbocycles. The minimum Gasteiger partial charge on any atom is -0.399 e. The van der Waals surface area contributed by atoms with Gasteiger partial charge in [0.25, 0.3) is 0 Å². The van der Waals surface area contributed by atoms with Gasteiger partial charge in [0, 0.05) is 12.1 Å². The van der Waals surface area contributed by atoms with Crippen LogP contribution in [-0.2, 0) is 0 Å². The van der Waals surface area contributed by atoms with Crippen molar-refractivity contribution in [1.29, 1.82) is 21.0 Å². The summed E-state index contributed by atoms with van der Waals surface area (Å²) in [7, 11) is 0. The van der Waals surface area contributed by atoms with Crippen LogP contribution in [0.1, 0.15) is 17.5 Å². The number of fused-ring (bicyclic) bond motifs is 1. The first-order valence-corrected chi connectivity index (χ1v) is 5.63. The van der Waals surface area contributed by atoms with Crippen LogP contribution in [0, 0.1) is 45.3 Å². The van der Waals surface area contributed by atoms with Gasteiger partial charge in [-0.25, -0.2) is 0 Å². The number of nitrogen functional groups attached to an aromatic ring is 1. The van der Waals surface area contributed by atoms with E-state index >= 15 is 0 Å². The normalized spacial score (nSPS) is 11.6. The van der Waals surface area contributed by atoms with E-state index in [1.807, 2.05) is 24.3 Å². The van der Waals surface area contributed by atoms with E-state index in [-0.39, 0.29) is 17.6 Å². The molecule has 5 nitrogen and oxygen atoms in total. The van der Waals surface area contributed by atoms with Crippen molar-refractivity contribution < 1.29 is 0 Å². The molecule has 0 saturated carbocycles. The smallest absolute Gasteiger partial charge is 0.133 e. The molecule has 2 rings (SSSR count). The molecule has 0 heterocycles. The fraction of sp³-hybridized carbons (Fsp3) is 0.0667. The Hall–Kier alpha value is -3.54. The van der Waals surface area contributed by atoms with Crippen molar-refractivity contribution in [2.75, 3.05) is 5.73 Å². The standard InChI is InChI=1S/C15H7N5/c16-5-9(6-17)13-4-14(10(7-18)8-19)15-3-11(20)1-2-12(13)15/h1-3H,4,20H2. The zero-order valence-electron chi connectivity index (χ0n) is 10.3. The van der Waals surface area contributed by atoms with Crippen LogP contribution in [0.4, 0.5) is 5.69 Å². The quantitative estimate of drug-likeness (QED) is 0.564. The highest BCUT2D eigenvalue weighted by Crippen LogP contribution is 2.44. The summed E-state index contributed by atoms with van der Waals surface area (Å²) in [6, 6.07) is 12.4. The Bertz CT molecular complexity index is 797. The fourth-order valence-corrected chi connectivity index (χ4v) is 2.21. The van der Waals surface area contributed by atoms with Crippen LogP contribution in [0.5, 0.6) is 0 Å². The van der Waals surface area contributed by atoms with E-state index in [0.717, 1.165) is 0 Å². The van der Waals surface area contributed by atoms with Crippen LogP contribution >= 0.6 is 0 Å². The molecule has 0 bridgehead atoms. The Balaban J connectivity index is 2.86. The first-order valence-electron chi connectivity index (χ1n) is 5.63. The number of hydrogen-bond donors (Lipinski definition) is 1. The molecule has 0 unspecified atom stereocenters. The zero-order chi connectivity index (χ0) is 14.7. The van der Waals surface area contributed by atoms with Gasteiger partial charge in [0.1, 0.15) is 35.4 Å². The molecule has 0 aliphatic heterocycles. The summed E-state index contributed by atoms with van der Waals surface area (Å²) < 4.78 is 0. The highest BCUT2D eigenvalue weighted by atomic mass is 14.5. The summed E-state index contributed by atoms with van der Waals surface area (Å²) in [4.78, 5) is 0. The van der Waals surface area contributed by atoms with Crippen LogP contribution in [0.2, 0.25) is 0 Å². The molecule has 0 fully saturated rings. The van der Waals surface area contributed by atoms with Crippen LogP contribution < -0.4 is 5.73 Å². The lowest BCUT2D eigenvalue weighted by Crippen LogP contribution is -1.89. The lowest BCUT2D eigenvalue weighted by Gasteiger charge is -2.02. The lowest BCUT2D eigenvalue weighted by atomic mass is 10.0. The molecule has 0 atom stereocenters. The van der Waals surface area contributed by atoms with Crippen molar-refractivity contribution >= 4 is 16.8 Å². The molecule has 0 saturated heterocycles. The van der Waals surface area contributed by atoms with Gasteiger partial charge < -0.3 is 5.73 Å². The van der Waals surface area contributed by atoms with E-state index in [9.17, 15) is 0 Å². The highest BCUT2D eigenvalue weighted by Gasteiger charge is 2.27. The molecule has 1 aliphatic rings. The fourth-order valence-electron chi connectivity index (χ4n) is 2.21. The molecule has 92 valence electrons. The van der Waals surface area contributed by atoms with Crippen LogP contribution in [0.3, 0.4) is 0 Å². The zero-order valence-corrected chi connectivity index (χ0v) is 10.3. The van der Waals surface area contributed by atoms with E-state index in [4.69, 9.17) is 26.8 Å². The van der Waals surface area contributed by atoms with Gasteiger partial charge in [-0.3, -0.25) is 0 Å². The number of nitriles is 4. The summed E-state index contributed by atoms with van der Waals surface area (Å²) >= 11 is 0. The number of nitrogens with zero attached hydrogens (tertiary/aromatic N) is 4. The van der Waals surface area contributed by atoms with Crippen molar-refractivity contribution in [2.45, 2.75) is 6.42 Å². The van der Waals surface area contributed by atoms with Gasteiger partial charge >= 0.3 is 0 Å². The summed E-state index contributed by atoms with van der Waals surface area (Å²) in [6.45, 7) is 0. The predicted molar refractivity (Wildman–Crippen MR) is 71.8 cm³/mol. The third kappa shape index (κ3) is 1.87. The Morgan fingerprint density at radius 1 is 0.850 bits per heavy atom. The third-order valence-electron chi connectivity index (χ3n) is 3.10. The molecule has 20 heavy (non-hydrogen) atoms. The topological polar surface area (TPSA) is 121 Å². The van der Waals surface area contributed by atoms with Crippen molar-refractivity contribution in [3.8, 4) is 24.3 Å². The van der Waals surface area contributed by atoms with Gasteiger partial charge in [0.15, 0.2) is 0 Å². The Kier molecular flexibility index (Phi) is 3.22. The van der Waals surface area contributed by atoms with Crippen LogP contribution in [0.25, 0.3) is 11.1 Å². The van der Waals surface area contributed by atoms with Gasteiger partial charge in [-0.05, 0) is 34.4 Å². The minimum absolute atomic E-state index is 0.0127. The maximum absolute atomic E-state index is 9.01. The minimum atomic E-state index is -0.0259. The average molecular weight is 257 g/mol. The molecule has 0 spiro atoms. The van der Waals surface area contributed by atoms with Gasteiger partial charge in [-0.2, -0.15) is 21.0 Å². The first-order chi connectivity index (χ1) is 9.65. The molecule has 1 aromatic rings. The maximum Gasteiger partial charge on any atom is 0.133 e. The molecular formula is C15H7N5. The second-order valence-corrected chi connectivity index (χ2v) is 4.14. The lowest BCUT2D eigenvalue weighted by molar-refractivity contribution is 1.41. The second-order valence-electron chi connectivity index (χ2n) is 4.14. The van der Waals surface area contributed by atoms with Crippen molar-refractivity contribution in [2.24, 2.45) is 0 Å². The van der Waals surface area contributed by atoms with E-state index in [1.165, 1.54) is 0 Å². The monoisotopic (exact) mass is 257 g/mol. The molecule has 5 heteroatoms. The van der Waals surface area contributed by atoms with Crippen molar-refractivity contribution in [1.82, 2.24) is 0 Å². The van der Waals surface area contributed by atoms with Gasteiger partial charge in [-0.15, -0.1) is 0 Å². The number of hydrogen-bond acceptors (Lipinski definition) is 5. The maximum atomic E-state index is 9.01. The molecule has 1 aliphatic carbocycles. The largest absolute Gasteiger partial charge is 0.399 e. The Morgan fingerprint density at radius 3 is 1.85 bits per heavy atom. The number of nitrogens with two attached hydrogens (primary N) is 1. The molecule has 2 N–H and O–H groups in total. The number of benzene rings is 1. The molecule has 0 radical (unpaired) electrons. The van der Waals surface area contributed by atoms with Crippen molar-refractivity contribution in [3.05, 3.63) is 40.5 Å². The molecular weight excluding hydrogens is 250 g/mol. The predicted octanol–water partition coefficient (Wildman–Crippen LogP) is 2.27. The van der Waals surface area contributed by atoms with Crippen molar-refractivity contribution in [3.63, 3.8) is 0 Å². The van der Waals surface area contributed by atoms with E-state index in [2.05, 4.69) is 0 Å². The first kappa shape index (κ1) is 12.9. The SMILES string of the molecule is N#CC(C#N)=C1CC(=C(C#N)C#N)c2cc(N)ccc21. The summed E-state index contributed by atoms with van der Waals surface area (Å²) in [5.74, 6) is 0. The van der Waals surface area contributed by atoms with E-state index in [0.29, 0.717) is 28.0 Å². The second kappa shape index (κ2) is 4.99. The van der Waals surface area contributed by atoms with Gasteiger partial charge in [-0.1, -0.05) is 6.07 Å². The Labute approximate surface area is 115 Å². The summed E-state index contributed by atoms with van der Waals surface area (Å²) in [5, 5.41) is 36.0. The third-order valence-corrected chi connectivity index (χ3v) is 3.10. The van der Waals surface area contributed by atoms with E-state index < -0.39 is 0 Å². The molecule has 0 aromatic heterocycles. The number of allylic oxidation sites excluding steroid dienone is 4. The van der Waals surface area contributed by atoms with Gasteiger partial charge in [0.2, 0.25) is 0 Å². The number of rotatable bonds is 0. The number of anilines is 1. The summed E-state index contributed by atoms with van der Waals surface area (Å²) in [6.07, 6.45) is 0.214. The average Bonchev–Trinajstić information content (AvgIpc) is 2.81. The van der Waals surface area contributed by atoms with Gasteiger partial charge in [0.05, 0.1) is 0 Å². The highest BCUT2D eigenvalue weighted by molar-refractivity contribution is 5.98. The molecule has 0 amide bonds. The van der Waals surface area contributed by atoms with Crippen LogP contribution in [0.15, 0.2) is 29.3 Å². The Morgan fingerprint density at radius 2 is 1.35 bits per heavy atom. The summed E-state index contributed by atoms with van der Waals surface area (Å²) in [5.41, 5.74) is 8.54. The van der Waals surface area contributed by atoms with Crippen LogP contribution in [-0.4, -0.2) is 0 Å².